The zero-order valence-corrected chi connectivity index (χ0v) is 13.0. The highest BCUT2D eigenvalue weighted by molar-refractivity contribution is 7.76. The Kier molecular flexibility index (Phi) is 4.50. The van der Waals surface area contributed by atoms with Gasteiger partial charge in [-0.2, -0.15) is 0 Å². The van der Waals surface area contributed by atoms with Gasteiger partial charge in [-0.3, -0.25) is 4.79 Å². The molecule has 0 radical (unpaired) electrons. The van der Waals surface area contributed by atoms with Crippen LogP contribution < -0.4 is 10.6 Å². The summed E-state index contributed by atoms with van der Waals surface area (Å²) in [6.45, 7) is 0. The average molecular weight is 308 g/mol. The Morgan fingerprint density at radius 1 is 0.955 bits per heavy atom. The van der Waals surface area contributed by atoms with Crippen molar-refractivity contribution < 1.29 is 9.90 Å². The first-order valence-electron chi connectivity index (χ1n) is 7.26. The molecule has 3 rings (SSSR count). The van der Waals surface area contributed by atoms with Crippen LogP contribution in [0, 0.1) is 0 Å². The number of benzene rings is 2. The molecular formula is C19H17O2P. The number of allylic oxidation sites excluding steroid dienone is 3. The van der Waals surface area contributed by atoms with E-state index in [2.05, 4.69) is 30.3 Å². The Labute approximate surface area is 131 Å². The van der Waals surface area contributed by atoms with Crippen LogP contribution in [0.5, 0.6) is 0 Å². The molecule has 0 saturated heterocycles. The molecule has 0 bridgehead atoms. The van der Waals surface area contributed by atoms with Crippen molar-refractivity contribution in [3.63, 3.8) is 0 Å². The number of hydrogen-bond acceptors (Lipinski definition) is 1. The van der Waals surface area contributed by atoms with E-state index in [1.54, 1.807) is 0 Å². The second-order valence-corrected chi connectivity index (χ2v) is 7.40. The summed E-state index contributed by atoms with van der Waals surface area (Å²) in [6, 6.07) is 20.8. The molecule has 1 N–H and O–H groups in total. The molecule has 0 aliphatic heterocycles. The molecule has 110 valence electrons. The maximum atomic E-state index is 11.1. The standard InChI is InChI=1S/C19H17O2P/c20-19(21)14-15-8-7-13-18(15)22(16-9-3-1-4-10-16)17-11-5-2-6-12-17/h1-12H,13-14H2,(H,20,21). The summed E-state index contributed by atoms with van der Waals surface area (Å²) in [6.07, 6.45) is 5.00. The summed E-state index contributed by atoms with van der Waals surface area (Å²) in [4.78, 5) is 11.1. The molecule has 3 heteroatoms. The van der Waals surface area contributed by atoms with E-state index in [0.717, 1.165) is 12.0 Å². The second kappa shape index (κ2) is 6.72. The number of rotatable bonds is 5. The van der Waals surface area contributed by atoms with Gasteiger partial charge in [-0.25, -0.2) is 0 Å². The van der Waals surface area contributed by atoms with Crippen LogP contribution in [0.2, 0.25) is 0 Å². The Hall–Kier alpha value is -2.18. The third-order valence-corrected chi connectivity index (χ3v) is 6.28. The zero-order chi connectivity index (χ0) is 15.4. The van der Waals surface area contributed by atoms with Crippen LogP contribution in [0.4, 0.5) is 0 Å². The van der Waals surface area contributed by atoms with Crippen molar-refractivity contribution in [3.05, 3.63) is 83.7 Å². The lowest BCUT2D eigenvalue weighted by atomic mass is 10.2. The van der Waals surface area contributed by atoms with Crippen molar-refractivity contribution in [2.75, 3.05) is 0 Å². The predicted molar refractivity (Wildman–Crippen MR) is 92.1 cm³/mol. The molecule has 0 heterocycles. The van der Waals surface area contributed by atoms with E-state index in [4.69, 9.17) is 5.11 Å². The normalized spacial score (nSPS) is 13.9. The van der Waals surface area contributed by atoms with Gasteiger partial charge in [0.05, 0.1) is 6.42 Å². The van der Waals surface area contributed by atoms with Crippen LogP contribution in [-0.4, -0.2) is 11.1 Å². The Balaban J connectivity index is 2.09. The van der Waals surface area contributed by atoms with E-state index in [0.29, 0.717) is 0 Å². The molecule has 0 unspecified atom stereocenters. The molecule has 0 atom stereocenters. The van der Waals surface area contributed by atoms with Crippen molar-refractivity contribution in [2.45, 2.75) is 12.8 Å². The van der Waals surface area contributed by atoms with Gasteiger partial charge in [0.25, 0.3) is 0 Å². The lowest BCUT2D eigenvalue weighted by Gasteiger charge is -2.22. The fourth-order valence-electron chi connectivity index (χ4n) is 2.71. The predicted octanol–water partition coefficient (Wildman–Crippen LogP) is 3.81. The molecule has 0 fully saturated rings. The molecule has 0 saturated carbocycles. The highest BCUT2D eigenvalue weighted by Gasteiger charge is 2.23. The second-order valence-electron chi connectivity index (χ2n) is 5.16. The van der Waals surface area contributed by atoms with Crippen LogP contribution in [0.15, 0.2) is 83.7 Å². The summed E-state index contributed by atoms with van der Waals surface area (Å²) in [5.41, 5.74) is 0.964. The molecule has 22 heavy (non-hydrogen) atoms. The Morgan fingerprint density at radius 3 is 2.00 bits per heavy atom. The van der Waals surface area contributed by atoms with E-state index < -0.39 is 13.9 Å². The van der Waals surface area contributed by atoms with E-state index in [-0.39, 0.29) is 6.42 Å². The smallest absolute Gasteiger partial charge is 0.307 e. The van der Waals surface area contributed by atoms with Gasteiger partial charge in [0.15, 0.2) is 0 Å². The topological polar surface area (TPSA) is 37.3 Å². The maximum Gasteiger partial charge on any atom is 0.307 e. The van der Waals surface area contributed by atoms with Gasteiger partial charge in [-0.05, 0) is 35.8 Å². The number of aliphatic carboxylic acids is 1. The first-order valence-corrected chi connectivity index (χ1v) is 8.60. The summed E-state index contributed by atoms with van der Waals surface area (Å²) >= 11 is 0. The molecule has 0 aromatic heterocycles. The van der Waals surface area contributed by atoms with Crippen molar-refractivity contribution in [3.8, 4) is 0 Å². The molecule has 2 aromatic carbocycles. The third kappa shape index (κ3) is 3.18. The zero-order valence-electron chi connectivity index (χ0n) is 12.1. The molecule has 2 nitrogen and oxygen atoms in total. The minimum Gasteiger partial charge on any atom is -0.481 e. The van der Waals surface area contributed by atoms with E-state index in [1.807, 2.05) is 42.5 Å². The van der Waals surface area contributed by atoms with Crippen LogP contribution >= 0.6 is 7.92 Å². The fourth-order valence-corrected chi connectivity index (χ4v) is 5.30. The first-order chi connectivity index (χ1) is 10.8. The van der Waals surface area contributed by atoms with Crippen LogP contribution in [-0.2, 0) is 4.79 Å². The summed E-state index contributed by atoms with van der Waals surface area (Å²) in [7, 11) is -0.668. The highest BCUT2D eigenvalue weighted by Crippen LogP contribution is 2.49. The number of carboxylic acid groups (broad SMARTS) is 1. The molecule has 2 aromatic rings. The van der Waals surface area contributed by atoms with Crippen molar-refractivity contribution >= 4 is 24.5 Å². The number of carboxylic acids is 1. The van der Waals surface area contributed by atoms with Gasteiger partial charge in [0, 0.05) is 0 Å². The van der Waals surface area contributed by atoms with Gasteiger partial charge < -0.3 is 5.11 Å². The van der Waals surface area contributed by atoms with Gasteiger partial charge >= 0.3 is 5.97 Å². The minimum absolute atomic E-state index is 0.102. The number of carbonyl (C=O) groups is 1. The lowest BCUT2D eigenvalue weighted by molar-refractivity contribution is -0.136. The summed E-state index contributed by atoms with van der Waals surface area (Å²) in [5, 5.41) is 13.0. The van der Waals surface area contributed by atoms with Crippen molar-refractivity contribution in [1.82, 2.24) is 0 Å². The largest absolute Gasteiger partial charge is 0.481 e. The third-order valence-electron chi connectivity index (χ3n) is 3.64. The lowest BCUT2D eigenvalue weighted by Crippen LogP contribution is -2.13. The first kappa shape index (κ1) is 14.7. The van der Waals surface area contributed by atoms with Gasteiger partial charge in [-0.15, -0.1) is 0 Å². The van der Waals surface area contributed by atoms with Crippen molar-refractivity contribution in [2.24, 2.45) is 0 Å². The van der Waals surface area contributed by atoms with Crippen LogP contribution in [0.1, 0.15) is 12.8 Å². The Morgan fingerprint density at radius 2 is 1.50 bits per heavy atom. The minimum atomic E-state index is -0.768. The molecular weight excluding hydrogens is 291 g/mol. The highest BCUT2D eigenvalue weighted by atomic mass is 31.1. The quantitative estimate of drug-likeness (QED) is 0.853. The molecule has 0 amide bonds. The van der Waals surface area contributed by atoms with E-state index in [1.165, 1.54) is 15.9 Å². The molecule has 1 aliphatic carbocycles. The molecule has 1 aliphatic rings. The van der Waals surface area contributed by atoms with Gasteiger partial charge in [-0.1, -0.05) is 72.8 Å². The van der Waals surface area contributed by atoms with E-state index >= 15 is 0 Å². The average Bonchev–Trinajstić information content (AvgIpc) is 2.97. The molecule has 0 spiro atoms. The SMILES string of the molecule is O=C(O)CC1=C(P(c2ccccc2)c2ccccc2)CC=C1. The monoisotopic (exact) mass is 308 g/mol. The van der Waals surface area contributed by atoms with E-state index in [9.17, 15) is 4.79 Å². The van der Waals surface area contributed by atoms with Crippen LogP contribution in [0.3, 0.4) is 0 Å². The fraction of sp³-hybridized carbons (Fsp3) is 0.105. The summed E-state index contributed by atoms with van der Waals surface area (Å²) < 4.78 is 0. The van der Waals surface area contributed by atoms with Gasteiger partial charge in [0.2, 0.25) is 0 Å². The summed E-state index contributed by atoms with van der Waals surface area (Å²) in [5.74, 6) is -0.768. The van der Waals surface area contributed by atoms with Crippen LogP contribution in [0.25, 0.3) is 0 Å². The van der Waals surface area contributed by atoms with Gasteiger partial charge in [0.1, 0.15) is 0 Å². The van der Waals surface area contributed by atoms with Crippen molar-refractivity contribution in [1.29, 1.82) is 0 Å². The number of hydrogen-bond donors (Lipinski definition) is 1. The Bertz CT molecular complexity index is 678. The maximum absolute atomic E-state index is 11.1.